The van der Waals surface area contributed by atoms with Gasteiger partial charge >= 0.3 is 0 Å². The van der Waals surface area contributed by atoms with Gasteiger partial charge < -0.3 is 0 Å². The molecule has 0 bridgehead atoms. The standard InChI is InChI=1S/C33H22.C2H6/c1-2-11-22(12-3-1)32-26-15-6-8-17-28(26)33(29-18-9-7-16-27(29)32)30-20-10-19-25-24-14-5-4-13-23(24)21-31(25)30;1-2/h1-20H,21H2;1-2H3. The van der Waals surface area contributed by atoms with Gasteiger partial charge in [0, 0.05) is 0 Å². The molecule has 0 N–H and O–H groups in total. The molecule has 0 heteroatoms. The molecule has 0 nitrogen and oxygen atoms in total. The van der Waals surface area contributed by atoms with E-state index < -0.39 is 0 Å². The van der Waals surface area contributed by atoms with Crippen LogP contribution in [0.5, 0.6) is 0 Å². The first-order chi connectivity index (χ1) is 17.4. The second-order valence-corrected chi connectivity index (χ2v) is 8.87. The molecule has 0 saturated heterocycles. The maximum absolute atomic E-state index is 2.32. The molecule has 6 aromatic rings. The van der Waals surface area contributed by atoms with E-state index in [2.05, 4.69) is 121 Å². The van der Waals surface area contributed by atoms with Crippen molar-refractivity contribution in [1.82, 2.24) is 0 Å². The van der Waals surface area contributed by atoms with Crippen LogP contribution in [-0.4, -0.2) is 0 Å². The van der Waals surface area contributed by atoms with E-state index in [9.17, 15) is 0 Å². The fraction of sp³-hybridized carbons (Fsp3) is 0.0857. The average molecular weight is 449 g/mol. The zero-order valence-electron chi connectivity index (χ0n) is 20.3. The summed E-state index contributed by atoms with van der Waals surface area (Å²) in [5.74, 6) is 0. The van der Waals surface area contributed by atoms with Gasteiger partial charge in [0.15, 0.2) is 0 Å². The molecule has 6 aromatic carbocycles. The smallest absolute Gasteiger partial charge is 0.000728 e. The van der Waals surface area contributed by atoms with Gasteiger partial charge in [0.2, 0.25) is 0 Å². The van der Waals surface area contributed by atoms with E-state index >= 15 is 0 Å². The number of hydrogen-bond acceptors (Lipinski definition) is 0. The molecule has 0 heterocycles. The van der Waals surface area contributed by atoms with Crippen LogP contribution in [-0.2, 0) is 6.42 Å². The molecule has 0 aliphatic heterocycles. The molecule has 168 valence electrons. The summed E-state index contributed by atoms with van der Waals surface area (Å²) in [5, 5.41) is 5.26. The van der Waals surface area contributed by atoms with Gasteiger partial charge in [-0.2, -0.15) is 0 Å². The van der Waals surface area contributed by atoms with Gasteiger partial charge in [0.1, 0.15) is 0 Å². The van der Waals surface area contributed by atoms with E-state index in [1.165, 1.54) is 66.1 Å². The van der Waals surface area contributed by atoms with Crippen LogP contribution in [0.3, 0.4) is 0 Å². The molecule has 0 radical (unpaired) electrons. The van der Waals surface area contributed by atoms with E-state index in [4.69, 9.17) is 0 Å². The third-order valence-electron chi connectivity index (χ3n) is 7.11. The third-order valence-corrected chi connectivity index (χ3v) is 7.11. The fourth-order valence-corrected chi connectivity index (χ4v) is 5.73. The number of benzene rings is 6. The number of rotatable bonds is 2. The first-order valence-electron chi connectivity index (χ1n) is 12.6. The maximum atomic E-state index is 2.32. The van der Waals surface area contributed by atoms with Crippen molar-refractivity contribution in [2.75, 3.05) is 0 Å². The Labute approximate surface area is 207 Å². The van der Waals surface area contributed by atoms with Gasteiger partial charge in [-0.1, -0.05) is 135 Å². The molecule has 0 amide bonds. The molecule has 0 saturated carbocycles. The summed E-state index contributed by atoms with van der Waals surface area (Å²) in [7, 11) is 0. The summed E-state index contributed by atoms with van der Waals surface area (Å²) in [6.45, 7) is 4.00. The van der Waals surface area contributed by atoms with E-state index in [0.29, 0.717) is 0 Å². The molecule has 0 atom stereocenters. The Kier molecular flexibility index (Phi) is 5.43. The van der Waals surface area contributed by atoms with Gasteiger partial charge in [0.25, 0.3) is 0 Å². The van der Waals surface area contributed by atoms with Crippen LogP contribution in [0.1, 0.15) is 25.0 Å². The molecule has 35 heavy (non-hydrogen) atoms. The van der Waals surface area contributed by atoms with Gasteiger partial charge in [-0.15, -0.1) is 0 Å². The van der Waals surface area contributed by atoms with Crippen molar-refractivity contribution in [2.24, 2.45) is 0 Å². The van der Waals surface area contributed by atoms with Gasteiger partial charge in [-0.3, -0.25) is 0 Å². The lowest BCUT2D eigenvalue weighted by molar-refractivity contribution is 1.27. The zero-order chi connectivity index (χ0) is 23.8. The van der Waals surface area contributed by atoms with Gasteiger partial charge in [-0.05, 0) is 72.5 Å². The highest BCUT2D eigenvalue weighted by atomic mass is 14.3. The Bertz CT molecular complexity index is 1620. The molecule has 1 aliphatic carbocycles. The second kappa shape index (κ2) is 8.89. The third kappa shape index (κ3) is 3.37. The topological polar surface area (TPSA) is 0 Å². The molecule has 0 aromatic heterocycles. The maximum Gasteiger partial charge on any atom is -0.000728 e. The van der Waals surface area contributed by atoms with E-state index in [0.717, 1.165) is 6.42 Å². The lowest BCUT2D eigenvalue weighted by atomic mass is 9.84. The largest absolute Gasteiger partial charge is 0.0683 e. The van der Waals surface area contributed by atoms with E-state index in [1.54, 1.807) is 0 Å². The fourth-order valence-electron chi connectivity index (χ4n) is 5.73. The summed E-state index contributed by atoms with van der Waals surface area (Å²) < 4.78 is 0. The molecular formula is C35H28. The van der Waals surface area contributed by atoms with Crippen molar-refractivity contribution in [2.45, 2.75) is 20.3 Å². The summed E-state index contributed by atoms with van der Waals surface area (Å²) in [6, 6.07) is 44.3. The van der Waals surface area contributed by atoms with Crippen molar-refractivity contribution in [3.05, 3.63) is 132 Å². The average Bonchev–Trinajstić information content (AvgIpc) is 3.32. The van der Waals surface area contributed by atoms with Crippen molar-refractivity contribution in [3.8, 4) is 33.4 Å². The van der Waals surface area contributed by atoms with E-state index in [-0.39, 0.29) is 0 Å². The minimum Gasteiger partial charge on any atom is -0.0683 e. The Morgan fingerprint density at radius 1 is 0.400 bits per heavy atom. The Balaban J connectivity index is 0.00000112. The van der Waals surface area contributed by atoms with Gasteiger partial charge in [0.05, 0.1) is 0 Å². The van der Waals surface area contributed by atoms with E-state index in [1.807, 2.05) is 13.8 Å². The highest BCUT2D eigenvalue weighted by Crippen LogP contribution is 2.47. The summed E-state index contributed by atoms with van der Waals surface area (Å²) >= 11 is 0. The first-order valence-corrected chi connectivity index (χ1v) is 12.6. The summed E-state index contributed by atoms with van der Waals surface area (Å²) in [4.78, 5) is 0. The molecular weight excluding hydrogens is 420 g/mol. The minimum atomic E-state index is 0.991. The predicted molar refractivity (Wildman–Crippen MR) is 152 cm³/mol. The Hall–Kier alpha value is -4.16. The van der Waals surface area contributed by atoms with Crippen molar-refractivity contribution >= 4 is 21.5 Å². The molecule has 0 fully saturated rings. The number of hydrogen-bond donors (Lipinski definition) is 0. The monoisotopic (exact) mass is 448 g/mol. The normalized spacial score (nSPS) is 11.6. The molecule has 0 unspecified atom stereocenters. The quantitative estimate of drug-likeness (QED) is 0.231. The lowest BCUT2D eigenvalue weighted by Crippen LogP contribution is -1.93. The van der Waals surface area contributed by atoms with Crippen molar-refractivity contribution < 1.29 is 0 Å². The summed E-state index contributed by atoms with van der Waals surface area (Å²) in [5.41, 5.74) is 10.9. The Morgan fingerprint density at radius 3 is 1.54 bits per heavy atom. The van der Waals surface area contributed by atoms with Crippen LogP contribution < -0.4 is 0 Å². The van der Waals surface area contributed by atoms with Crippen LogP contribution in [0.15, 0.2) is 121 Å². The molecule has 1 aliphatic rings. The van der Waals surface area contributed by atoms with Crippen molar-refractivity contribution in [1.29, 1.82) is 0 Å². The lowest BCUT2D eigenvalue weighted by Gasteiger charge is -2.19. The van der Waals surface area contributed by atoms with Crippen LogP contribution >= 0.6 is 0 Å². The zero-order valence-corrected chi connectivity index (χ0v) is 20.3. The molecule has 7 rings (SSSR count). The highest BCUT2D eigenvalue weighted by molar-refractivity contribution is 6.21. The summed E-state index contributed by atoms with van der Waals surface area (Å²) in [6.07, 6.45) is 0.991. The van der Waals surface area contributed by atoms with Gasteiger partial charge in [-0.25, -0.2) is 0 Å². The Morgan fingerprint density at radius 2 is 0.886 bits per heavy atom. The highest BCUT2D eigenvalue weighted by Gasteiger charge is 2.24. The SMILES string of the molecule is CC.c1ccc(-c2c3ccccc3c(-c3cccc4c3Cc3ccccc3-4)c3ccccc23)cc1. The van der Waals surface area contributed by atoms with Crippen LogP contribution in [0.2, 0.25) is 0 Å². The van der Waals surface area contributed by atoms with Crippen LogP contribution in [0.4, 0.5) is 0 Å². The van der Waals surface area contributed by atoms with Crippen LogP contribution in [0, 0.1) is 0 Å². The minimum absolute atomic E-state index is 0.991. The second-order valence-electron chi connectivity index (χ2n) is 8.87. The molecule has 0 spiro atoms. The first kappa shape index (κ1) is 21.4. The van der Waals surface area contributed by atoms with Crippen molar-refractivity contribution in [3.63, 3.8) is 0 Å². The van der Waals surface area contributed by atoms with Crippen LogP contribution in [0.25, 0.3) is 54.9 Å². The predicted octanol–water partition coefficient (Wildman–Crippen LogP) is 9.92. The number of fused-ring (bicyclic) bond motifs is 5.